The van der Waals surface area contributed by atoms with E-state index in [1.165, 1.54) is 12.8 Å². The minimum atomic E-state index is 0.530. The van der Waals surface area contributed by atoms with Crippen LogP contribution in [0.15, 0.2) is 0 Å². The zero-order valence-electron chi connectivity index (χ0n) is 10.2. The molecule has 0 bridgehead atoms. The van der Waals surface area contributed by atoms with Crippen LogP contribution in [0.3, 0.4) is 0 Å². The van der Waals surface area contributed by atoms with Crippen LogP contribution in [0.2, 0.25) is 0 Å². The van der Waals surface area contributed by atoms with Gasteiger partial charge in [-0.05, 0) is 12.8 Å². The topological polar surface area (TPSA) is 55.1 Å². The van der Waals surface area contributed by atoms with Gasteiger partial charge in [0.2, 0.25) is 4.96 Å². The summed E-state index contributed by atoms with van der Waals surface area (Å²) in [6.45, 7) is 5.29. The number of nitrogens with zero attached hydrogens (tertiary/aromatic N) is 4. The summed E-state index contributed by atoms with van der Waals surface area (Å²) in [7, 11) is 0. The summed E-state index contributed by atoms with van der Waals surface area (Å²) in [6, 6.07) is 0.530. The van der Waals surface area contributed by atoms with Gasteiger partial charge < -0.3 is 5.32 Å². The Labute approximate surface area is 104 Å². The summed E-state index contributed by atoms with van der Waals surface area (Å²) in [5.41, 5.74) is 0. The van der Waals surface area contributed by atoms with Crippen LogP contribution in [0.1, 0.15) is 43.4 Å². The van der Waals surface area contributed by atoms with Crippen molar-refractivity contribution in [2.45, 2.75) is 45.1 Å². The Balaban J connectivity index is 1.73. The maximum atomic E-state index is 4.60. The molecule has 92 valence electrons. The summed E-state index contributed by atoms with van der Waals surface area (Å²) in [6.07, 6.45) is 3.45. The van der Waals surface area contributed by atoms with Crippen molar-refractivity contribution in [3.8, 4) is 0 Å². The van der Waals surface area contributed by atoms with Gasteiger partial charge in [0.05, 0.1) is 0 Å². The van der Waals surface area contributed by atoms with E-state index in [0.717, 1.165) is 28.8 Å². The van der Waals surface area contributed by atoms with Gasteiger partial charge in [0.15, 0.2) is 5.82 Å². The zero-order valence-corrected chi connectivity index (χ0v) is 11.0. The van der Waals surface area contributed by atoms with Gasteiger partial charge in [-0.3, -0.25) is 0 Å². The van der Waals surface area contributed by atoms with Crippen LogP contribution >= 0.6 is 11.3 Å². The quantitative estimate of drug-likeness (QED) is 0.877. The number of aromatic nitrogens is 4. The van der Waals surface area contributed by atoms with Crippen molar-refractivity contribution in [2.75, 3.05) is 6.54 Å². The molecular formula is C11H17N5S. The van der Waals surface area contributed by atoms with E-state index in [-0.39, 0.29) is 0 Å². The Morgan fingerprint density at radius 3 is 2.94 bits per heavy atom. The zero-order chi connectivity index (χ0) is 11.8. The normalized spacial score (nSPS) is 16.2. The number of fused-ring (bicyclic) bond motifs is 1. The second-order valence-corrected chi connectivity index (χ2v) is 5.92. The van der Waals surface area contributed by atoms with Crippen LogP contribution in [0, 0.1) is 0 Å². The molecule has 0 radical (unpaired) electrons. The molecule has 0 spiro atoms. The first-order valence-electron chi connectivity index (χ1n) is 6.18. The van der Waals surface area contributed by atoms with Crippen molar-refractivity contribution in [2.24, 2.45) is 0 Å². The molecular weight excluding hydrogens is 234 g/mol. The Hall–Kier alpha value is -1.01. The Kier molecular flexibility index (Phi) is 2.84. The van der Waals surface area contributed by atoms with Gasteiger partial charge in [-0.15, -0.1) is 10.2 Å². The van der Waals surface area contributed by atoms with Crippen molar-refractivity contribution in [3.63, 3.8) is 0 Å². The predicted molar refractivity (Wildman–Crippen MR) is 67.5 cm³/mol. The van der Waals surface area contributed by atoms with E-state index in [4.69, 9.17) is 0 Å². The van der Waals surface area contributed by atoms with Gasteiger partial charge in [-0.25, -0.2) is 0 Å². The predicted octanol–water partition coefficient (Wildman–Crippen LogP) is 1.60. The molecule has 6 heteroatoms. The van der Waals surface area contributed by atoms with Crippen molar-refractivity contribution in [3.05, 3.63) is 10.8 Å². The smallest absolute Gasteiger partial charge is 0.234 e. The van der Waals surface area contributed by atoms with Gasteiger partial charge in [0.1, 0.15) is 5.01 Å². The molecule has 1 saturated carbocycles. The molecule has 1 aliphatic carbocycles. The summed E-state index contributed by atoms with van der Waals surface area (Å²) < 4.78 is 1.94. The van der Waals surface area contributed by atoms with Crippen LogP contribution in [0.4, 0.5) is 0 Å². The first kappa shape index (κ1) is 11.1. The average Bonchev–Trinajstić information content (AvgIpc) is 2.90. The van der Waals surface area contributed by atoms with Crippen LogP contribution in [-0.2, 0) is 6.42 Å². The maximum Gasteiger partial charge on any atom is 0.234 e. The van der Waals surface area contributed by atoms with Gasteiger partial charge in [0, 0.05) is 24.9 Å². The highest BCUT2D eigenvalue weighted by Crippen LogP contribution is 2.39. The first-order chi connectivity index (χ1) is 8.24. The number of nitrogens with one attached hydrogen (secondary N) is 1. The monoisotopic (exact) mass is 251 g/mol. The largest absolute Gasteiger partial charge is 0.314 e. The Morgan fingerprint density at radius 2 is 2.24 bits per heavy atom. The summed E-state index contributed by atoms with van der Waals surface area (Å²) in [4.78, 5) is 0.937. The lowest BCUT2D eigenvalue weighted by Gasteiger charge is -2.05. The molecule has 0 amide bonds. The molecule has 0 atom stereocenters. The van der Waals surface area contributed by atoms with E-state index in [1.807, 2.05) is 4.52 Å². The second kappa shape index (κ2) is 4.34. The molecule has 0 unspecified atom stereocenters. The van der Waals surface area contributed by atoms with Crippen molar-refractivity contribution in [1.29, 1.82) is 0 Å². The van der Waals surface area contributed by atoms with Crippen LogP contribution in [0.25, 0.3) is 4.96 Å². The van der Waals surface area contributed by atoms with Crippen molar-refractivity contribution >= 4 is 16.3 Å². The lowest BCUT2D eigenvalue weighted by molar-refractivity contribution is 0.587. The van der Waals surface area contributed by atoms with E-state index in [0.29, 0.717) is 12.0 Å². The Morgan fingerprint density at radius 1 is 1.41 bits per heavy atom. The highest BCUT2D eigenvalue weighted by molar-refractivity contribution is 7.16. The Bertz CT molecular complexity index is 511. The molecule has 0 aromatic carbocycles. The van der Waals surface area contributed by atoms with Gasteiger partial charge in [-0.1, -0.05) is 25.2 Å². The average molecular weight is 251 g/mol. The maximum absolute atomic E-state index is 4.60. The molecule has 5 nitrogen and oxygen atoms in total. The third kappa shape index (κ3) is 2.32. The third-order valence-electron chi connectivity index (χ3n) is 2.89. The van der Waals surface area contributed by atoms with Gasteiger partial charge in [0.25, 0.3) is 0 Å². The standard InChI is InChI=1S/C11H17N5S/c1-7(2)12-6-5-9-15-16-10(8-3-4-8)13-14-11(16)17-9/h7-8,12H,3-6H2,1-2H3. The fourth-order valence-electron chi connectivity index (χ4n) is 1.84. The van der Waals surface area contributed by atoms with Crippen LogP contribution in [0.5, 0.6) is 0 Å². The van der Waals surface area contributed by atoms with Crippen LogP contribution in [-0.4, -0.2) is 32.4 Å². The van der Waals surface area contributed by atoms with E-state index < -0.39 is 0 Å². The highest BCUT2D eigenvalue weighted by atomic mass is 32.1. The minimum absolute atomic E-state index is 0.530. The molecule has 2 heterocycles. The first-order valence-corrected chi connectivity index (χ1v) is 7.00. The number of hydrogen-bond acceptors (Lipinski definition) is 5. The molecule has 3 rings (SSSR count). The lowest BCUT2D eigenvalue weighted by atomic mass is 10.3. The van der Waals surface area contributed by atoms with E-state index in [1.54, 1.807) is 11.3 Å². The van der Waals surface area contributed by atoms with Crippen molar-refractivity contribution in [1.82, 2.24) is 25.1 Å². The van der Waals surface area contributed by atoms with Gasteiger partial charge in [-0.2, -0.15) is 9.61 Å². The molecule has 0 aliphatic heterocycles. The molecule has 2 aromatic rings. The molecule has 1 N–H and O–H groups in total. The third-order valence-corrected chi connectivity index (χ3v) is 3.85. The fraction of sp³-hybridized carbons (Fsp3) is 0.727. The van der Waals surface area contributed by atoms with Crippen LogP contribution < -0.4 is 5.32 Å². The molecule has 1 fully saturated rings. The summed E-state index contributed by atoms with van der Waals surface area (Å²) in [5, 5.41) is 17.6. The SMILES string of the molecule is CC(C)NCCc1nn2c(C3CC3)nnc2s1. The lowest BCUT2D eigenvalue weighted by Crippen LogP contribution is -2.24. The molecule has 2 aromatic heterocycles. The minimum Gasteiger partial charge on any atom is -0.314 e. The van der Waals surface area contributed by atoms with E-state index in [9.17, 15) is 0 Å². The molecule has 0 saturated heterocycles. The second-order valence-electron chi connectivity index (χ2n) is 4.88. The van der Waals surface area contributed by atoms with E-state index in [2.05, 4.69) is 34.5 Å². The number of hydrogen-bond donors (Lipinski definition) is 1. The van der Waals surface area contributed by atoms with E-state index >= 15 is 0 Å². The van der Waals surface area contributed by atoms with Gasteiger partial charge >= 0.3 is 0 Å². The molecule has 17 heavy (non-hydrogen) atoms. The fourth-order valence-corrected chi connectivity index (χ4v) is 2.68. The summed E-state index contributed by atoms with van der Waals surface area (Å²) >= 11 is 1.65. The number of rotatable bonds is 5. The summed E-state index contributed by atoms with van der Waals surface area (Å²) in [5.74, 6) is 1.66. The van der Waals surface area contributed by atoms with Crippen molar-refractivity contribution < 1.29 is 0 Å². The highest BCUT2D eigenvalue weighted by Gasteiger charge is 2.29. The molecule has 1 aliphatic rings.